The summed E-state index contributed by atoms with van der Waals surface area (Å²) in [6.45, 7) is 3.01. The predicted molar refractivity (Wildman–Crippen MR) is 82.3 cm³/mol. The third-order valence-electron chi connectivity index (χ3n) is 2.84. The second kappa shape index (κ2) is 7.12. The molecule has 1 atom stereocenters. The number of aryl methyl sites for hydroxylation is 1. The topological polar surface area (TPSA) is 98.5 Å². The maximum Gasteiger partial charge on any atom is 0.324 e. The molecule has 0 saturated heterocycles. The summed E-state index contributed by atoms with van der Waals surface area (Å²) in [5, 5.41) is 4.07. The summed E-state index contributed by atoms with van der Waals surface area (Å²) in [7, 11) is -3.85. The number of rotatable bonds is 6. The molecule has 23 heavy (non-hydrogen) atoms. The van der Waals surface area contributed by atoms with Crippen molar-refractivity contribution < 1.29 is 22.5 Å². The van der Waals surface area contributed by atoms with Gasteiger partial charge in [-0.2, -0.15) is 4.72 Å². The minimum atomic E-state index is -3.85. The highest BCUT2D eigenvalue weighted by Crippen LogP contribution is 2.14. The molecule has 0 fully saturated rings. The van der Waals surface area contributed by atoms with Crippen molar-refractivity contribution in [1.82, 2.24) is 9.88 Å². The van der Waals surface area contributed by atoms with E-state index < -0.39 is 22.0 Å². The fraction of sp³-hybridized carbons (Fsp3) is 0.286. The molecule has 1 aromatic carbocycles. The zero-order valence-corrected chi connectivity index (χ0v) is 14.0. The maximum absolute atomic E-state index is 12.1. The second-order valence-electron chi connectivity index (χ2n) is 4.84. The van der Waals surface area contributed by atoms with Gasteiger partial charge in [0.25, 0.3) is 0 Å². The minimum Gasteiger partial charge on any atom is -0.456 e. The van der Waals surface area contributed by atoms with E-state index in [1.54, 1.807) is 13.0 Å². The molecular weight excluding hydrogens is 344 g/mol. The van der Waals surface area contributed by atoms with Gasteiger partial charge in [-0.05, 0) is 38.1 Å². The van der Waals surface area contributed by atoms with Crippen molar-refractivity contribution in [3.05, 3.63) is 46.8 Å². The molecule has 0 bridgehead atoms. The molecule has 124 valence electrons. The van der Waals surface area contributed by atoms with E-state index in [0.29, 0.717) is 16.5 Å². The third-order valence-corrected chi connectivity index (χ3v) is 4.65. The van der Waals surface area contributed by atoms with E-state index in [0.717, 1.165) is 0 Å². The molecule has 2 rings (SSSR count). The lowest BCUT2D eigenvalue weighted by molar-refractivity contribution is -0.147. The highest BCUT2D eigenvalue weighted by atomic mass is 35.5. The number of sulfonamides is 1. The van der Waals surface area contributed by atoms with Crippen LogP contribution in [0.25, 0.3) is 0 Å². The van der Waals surface area contributed by atoms with E-state index >= 15 is 0 Å². The summed E-state index contributed by atoms with van der Waals surface area (Å²) in [6.07, 6.45) is 0. The molecule has 1 heterocycles. The van der Waals surface area contributed by atoms with E-state index in [1.165, 1.54) is 31.2 Å². The number of carbonyl (C=O) groups excluding carboxylic acids is 1. The Kier molecular flexibility index (Phi) is 5.40. The number of esters is 1. The largest absolute Gasteiger partial charge is 0.456 e. The number of aromatic nitrogens is 1. The zero-order chi connectivity index (χ0) is 17.0. The molecule has 0 spiro atoms. The highest BCUT2D eigenvalue weighted by molar-refractivity contribution is 7.89. The summed E-state index contributed by atoms with van der Waals surface area (Å²) in [5.74, 6) is -0.347. The van der Waals surface area contributed by atoms with Gasteiger partial charge in [-0.1, -0.05) is 16.8 Å². The van der Waals surface area contributed by atoms with Gasteiger partial charge in [0.15, 0.2) is 12.4 Å². The molecule has 0 radical (unpaired) electrons. The summed E-state index contributed by atoms with van der Waals surface area (Å²) in [4.78, 5) is 11.9. The van der Waals surface area contributed by atoms with Crippen molar-refractivity contribution in [2.75, 3.05) is 0 Å². The third kappa shape index (κ3) is 4.78. The molecule has 2 aromatic rings. The van der Waals surface area contributed by atoms with E-state index in [2.05, 4.69) is 9.88 Å². The van der Waals surface area contributed by atoms with Crippen LogP contribution in [0.3, 0.4) is 0 Å². The SMILES string of the molecule is Cc1cc(COC(=O)C(C)NS(=O)(=O)c2ccc(Cl)cc2)on1. The first kappa shape index (κ1) is 17.5. The summed E-state index contributed by atoms with van der Waals surface area (Å²) < 4.78 is 36.4. The number of hydrogen-bond donors (Lipinski definition) is 1. The average Bonchev–Trinajstić information content (AvgIpc) is 2.90. The Labute approximate surface area is 138 Å². The second-order valence-corrected chi connectivity index (χ2v) is 6.99. The molecule has 0 aliphatic heterocycles. The van der Waals surface area contributed by atoms with Gasteiger partial charge in [0.05, 0.1) is 10.6 Å². The van der Waals surface area contributed by atoms with Crippen molar-refractivity contribution in [2.24, 2.45) is 0 Å². The monoisotopic (exact) mass is 358 g/mol. The lowest BCUT2D eigenvalue weighted by atomic mass is 10.4. The number of nitrogens with one attached hydrogen (secondary N) is 1. The maximum atomic E-state index is 12.1. The van der Waals surface area contributed by atoms with Gasteiger partial charge in [-0.15, -0.1) is 0 Å². The van der Waals surface area contributed by atoms with Crippen LogP contribution >= 0.6 is 11.6 Å². The molecule has 9 heteroatoms. The Morgan fingerprint density at radius 1 is 1.39 bits per heavy atom. The number of carbonyl (C=O) groups is 1. The van der Waals surface area contributed by atoms with Crippen LogP contribution < -0.4 is 4.72 Å². The molecule has 1 N–H and O–H groups in total. The Balaban J connectivity index is 1.95. The van der Waals surface area contributed by atoms with Crippen LogP contribution in [0.4, 0.5) is 0 Å². The first-order valence-electron chi connectivity index (χ1n) is 6.64. The van der Waals surface area contributed by atoms with Crippen LogP contribution in [0, 0.1) is 6.92 Å². The van der Waals surface area contributed by atoms with Gasteiger partial charge in [0.2, 0.25) is 10.0 Å². The van der Waals surface area contributed by atoms with Crippen LogP contribution in [0.15, 0.2) is 39.8 Å². The van der Waals surface area contributed by atoms with Gasteiger partial charge >= 0.3 is 5.97 Å². The molecule has 0 amide bonds. The molecular formula is C14H15ClN2O5S. The van der Waals surface area contributed by atoms with Gasteiger partial charge in [0.1, 0.15) is 6.04 Å². The predicted octanol–water partition coefficient (Wildman–Crippen LogP) is 2.05. The van der Waals surface area contributed by atoms with Gasteiger partial charge < -0.3 is 9.26 Å². The number of nitrogens with zero attached hydrogens (tertiary/aromatic N) is 1. The Bertz CT molecular complexity index is 786. The quantitative estimate of drug-likeness (QED) is 0.793. The van der Waals surface area contributed by atoms with Gasteiger partial charge in [-0.25, -0.2) is 8.42 Å². The van der Waals surface area contributed by atoms with Crippen LogP contribution in [0.5, 0.6) is 0 Å². The fourth-order valence-corrected chi connectivity index (χ4v) is 3.03. The van der Waals surface area contributed by atoms with Crippen LogP contribution in [0.1, 0.15) is 18.4 Å². The van der Waals surface area contributed by atoms with Crippen LogP contribution in [-0.2, 0) is 26.2 Å². The van der Waals surface area contributed by atoms with Crippen molar-refractivity contribution in [2.45, 2.75) is 31.4 Å². The Hall–Kier alpha value is -1.90. The molecule has 1 unspecified atom stereocenters. The smallest absolute Gasteiger partial charge is 0.324 e. The first-order chi connectivity index (χ1) is 10.8. The van der Waals surface area contributed by atoms with E-state index in [4.69, 9.17) is 20.9 Å². The lowest BCUT2D eigenvalue weighted by Gasteiger charge is -2.13. The van der Waals surface area contributed by atoms with E-state index in [9.17, 15) is 13.2 Å². The number of halogens is 1. The molecule has 7 nitrogen and oxygen atoms in total. The van der Waals surface area contributed by atoms with Gasteiger partial charge in [0, 0.05) is 11.1 Å². The standard InChI is InChI=1S/C14H15ClN2O5S/c1-9-7-12(22-16-9)8-21-14(18)10(2)17-23(19,20)13-5-3-11(15)4-6-13/h3-7,10,17H,8H2,1-2H3. The van der Waals surface area contributed by atoms with Crippen molar-refractivity contribution >= 4 is 27.6 Å². The number of hydrogen-bond acceptors (Lipinski definition) is 6. The molecule has 0 aliphatic carbocycles. The fourth-order valence-electron chi connectivity index (χ4n) is 1.71. The summed E-state index contributed by atoms with van der Waals surface area (Å²) >= 11 is 5.72. The molecule has 1 aromatic heterocycles. The Morgan fingerprint density at radius 2 is 2.04 bits per heavy atom. The van der Waals surface area contributed by atoms with Gasteiger partial charge in [-0.3, -0.25) is 4.79 Å². The van der Waals surface area contributed by atoms with Crippen molar-refractivity contribution in [3.8, 4) is 0 Å². The number of benzene rings is 1. The summed E-state index contributed by atoms with van der Waals surface area (Å²) in [6, 6.07) is 6.16. The van der Waals surface area contributed by atoms with Crippen LogP contribution in [-0.4, -0.2) is 25.6 Å². The average molecular weight is 359 g/mol. The van der Waals surface area contributed by atoms with Crippen molar-refractivity contribution in [1.29, 1.82) is 0 Å². The highest BCUT2D eigenvalue weighted by Gasteiger charge is 2.23. The van der Waals surface area contributed by atoms with Crippen molar-refractivity contribution in [3.63, 3.8) is 0 Å². The minimum absolute atomic E-state index is 0.00686. The normalized spacial score (nSPS) is 12.8. The van der Waals surface area contributed by atoms with Crippen LogP contribution in [0.2, 0.25) is 5.02 Å². The Morgan fingerprint density at radius 3 is 2.61 bits per heavy atom. The van der Waals surface area contributed by atoms with E-state index in [1.807, 2.05) is 0 Å². The zero-order valence-electron chi connectivity index (χ0n) is 12.4. The first-order valence-corrected chi connectivity index (χ1v) is 8.51. The van der Waals surface area contributed by atoms with E-state index in [-0.39, 0.29) is 11.5 Å². The molecule has 0 aliphatic rings. The number of ether oxygens (including phenoxy) is 1. The molecule has 0 saturated carbocycles. The lowest BCUT2D eigenvalue weighted by Crippen LogP contribution is -2.39. The summed E-state index contributed by atoms with van der Waals surface area (Å²) in [5.41, 5.74) is 0.660.